The molecule has 0 spiro atoms. The first-order chi connectivity index (χ1) is 8.88. The third kappa shape index (κ3) is 4.08. The summed E-state index contributed by atoms with van der Waals surface area (Å²) < 4.78 is 10.8. The van der Waals surface area contributed by atoms with E-state index in [2.05, 4.69) is 17.1 Å². The SMILES string of the molecule is COc1cccc(OCC=CCN2CCCC2)c1. The van der Waals surface area contributed by atoms with Crippen LogP contribution in [0.25, 0.3) is 0 Å². The van der Waals surface area contributed by atoms with Crippen LogP contribution >= 0.6 is 0 Å². The van der Waals surface area contributed by atoms with E-state index < -0.39 is 0 Å². The second-order valence-electron chi connectivity index (χ2n) is 4.47. The molecule has 1 heterocycles. The molecule has 0 atom stereocenters. The second kappa shape index (κ2) is 7.07. The number of hydrogen-bond donors (Lipinski definition) is 0. The number of rotatable bonds is 6. The van der Waals surface area contributed by atoms with Gasteiger partial charge in [0.2, 0.25) is 0 Å². The number of ether oxygens (including phenoxy) is 2. The zero-order valence-electron chi connectivity index (χ0n) is 11.0. The van der Waals surface area contributed by atoms with Crippen molar-refractivity contribution in [3.05, 3.63) is 36.4 Å². The van der Waals surface area contributed by atoms with Crippen LogP contribution in [-0.2, 0) is 0 Å². The molecule has 0 radical (unpaired) electrons. The van der Waals surface area contributed by atoms with Crippen molar-refractivity contribution in [1.29, 1.82) is 0 Å². The van der Waals surface area contributed by atoms with Gasteiger partial charge in [-0.15, -0.1) is 0 Å². The van der Waals surface area contributed by atoms with Gasteiger partial charge in [0.05, 0.1) is 7.11 Å². The summed E-state index contributed by atoms with van der Waals surface area (Å²) in [4.78, 5) is 2.46. The van der Waals surface area contributed by atoms with Crippen LogP contribution in [0.15, 0.2) is 36.4 Å². The van der Waals surface area contributed by atoms with Crippen molar-refractivity contribution in [1.82, 2.24) is 4.90 Å². The Kier molecular flexibility index (Phi) is 5.09. The van der Waals surface area contributed by atoms with E-state index in [0.29, 0.717) is 6.61 Å². The van der Waals surface area contributed by atoms with Gasteiger partial charge in [0, 0.05) is 12.6 Å². The van der Waals surface area contributed by atoms with E-state index in [1.807, 2.05) is 24.3 Å². The van der Waals surface area contributed by atoms with Gasteiger partial charge in [0.1, 0.15) is 18.1 Å². The van der Waals surface area contributed by atoms with Crippen molar-refractivity contribution in [3.8, 4) is 11.5 Å². The Morgan fingerprint density at radius 3 is 2.72 bits per heavy atom. The second-order valence-corrected chi connectivity index (χ2v) is 4.47. The summed E-state index contributed by atoms with van der Waals surface area (Å²) in [5.41, 5.74) is 0. The van der Waals surface area contributed by atoms with Gasteiger partial charge in [-0.2, -0.15) is 0 Å². The third-order valence-electron chi connectivity index (χ3n) is 3.12. The molecule has 1 aromatic rings. The molecule has 98 valence electrons. The summed E-state index contributed by atoms with van der Waals surface area (Å²) in [6.07, 6.45) is 6.95. The van der Waals surface area contributed by atoms with Crippen molar-refractivity contribution in [2.45, 2.75) is 12.8 Å². The van der Waals surface area contributed by atoms with Crippen LogP contribution < -0.4 is 9.47 Å². The number of benzene rings is 1. The summed E-state index contributed by atoms with van der Waals surface area (Å²) in [6, 6.07) is 7.68. The summed E-state index contributed by atoms with van der Waals surface area (Å²) in [7, 11) is 1.66. The zero-order chi connectivity index (χ0) is 12.6. The van der Waals surface area contributed by atoms with Crippen LogP contribution in [0.4, 0.5) is 0 Å². The van der Waals surface area contributed by atoms with Gasteiger partial charge in [-0.05, 0) is 38.1 Å². The maximum Gasteiger partial charge on any atom is 0.123 e. The van der Waals surface area contributed by atoms with E-state index >= 15 is 0 Å². The third-order valence-corrected chi connectivity index (χ3v) is 3.12. The standard InChI is InChI=1S/C15H21NO2/c1-17-14-7-6-8-15(13-14)18-12-5-4-11-16-9-2-3-10-16/h4-8,13H,2-3,9-12H2,1H3. The molecular formula is C15H21NO2. The van der Waals surface area contributed by atoms with Crippen molar-refractivity contribution >= 4 is 0 Å². The quantitative estimate of drug-likeness (QED) is 0.721. The highest BCUT2D eigenvalue weighted by molar-refractivity contribution is 5.32. The summed E-state index contributed by atoms with van der Waals surface area (Å²) in [5.74, 6) is 1.67. The first-order valence-corrected chi connectivity index (χ1v) is 6.53. The highest BCUT2D eigenvalue weighted by Crippen LogP contribution is 2.18. The maximum absolute atomic E-state index is 5.63. The number of nitrogens with zero attached hydrogens (tertiary/aromatic N) is 1. The first-order valence-electron chi connectivity index (χ1n) is 6.53. The molecule has 2 rings (SSSR count). The molecule has 0 amide bonds. The molecule has 0 aromatic heterocycles. The van der Waals surface area contributed by atoms with Crippen LogP contribution in [0.2, 0.25) is 0 Å². The lowest BCUT2D eigenvalue weighted by Crippen LogP contribution is -2.18. The molecule has 1 aliphatic rings. The lowest BCUT2D eigenvalue weighted by atomic mass is 10.3. The molecule has 3 nitrogen and oxygen atoms in total. The zero-order valence-corrected chi connectivity index (χ0v) is 11.0. The van der Waals surface area contributed by atoms with E-state index in [-0.39, 0.29) is 0 Å². The molecule has 3 heteroatoms. The first kappa shape index (κ1) is 13.0. The van der Waals surface area contributed by atoms with Gasteiger partial charge >= 0.3 is 0 Å². The minimum atomic E-state index is 0.612. The van der Waals surface area contributed by atoms with E-state index in [1.165, 1.54) is 25.9 Å². The van der Waals surface area contributed by atoms with Gasteiger partial charge in [-0.3, -0.25) is 4.90 Å². The molecule has 1 saturated heterocycles. The number of hydrogen-bond acceptors (Lipinski definition) is 3. The Labute approximate surface area is 109 Å². The van der Waals surface area contributed by atoms with E-state index in [1.54, 1.807) is 7.11 Å². The monoisotopic (exact) mass is 247 g/mol. The predicted molar refractivity (Wildman–Crippen MR) is 73.3 cm³/mol. The fraction of sp³-hybridized carbons (Fsp3) is 0.467. The fourth-order valence-electron chi connectivity index (χ4n) is 2.09. The highest BCUT2D eigenvalue weighted by atomic mass is 16.5. The Morgan fingerprint density at radius 1 is 1.17 bits per heavy atom. The largest absolute Gasteiger partial charge is 0.497 e. The van der Waals surface area contributed by atoms with Gasteiger partial charge < -0.3 is 9.47 Å². The Balaban J connectivity index is 1.68. The molecule has 0 N–H and O–H groups in total. The van der Waals surface area contributed by atoms with Crippen molar-refractivity contribution in [2.75, 3.05) is 33.4 Å². The topological polar surface area (TPSA) is 21.7 Å². The lowest BCUT2D eigenvalue weighted by Gasteiger charge is -2.10. The van der Waals surface area contributed by atoms with E-state index in [9.17, 15) is 0 Å². The van der Waals surface area contributed by atoms with E-state index in [0.717, 1.165) is 18.0 Å². The van der Waals surface area contributed by atoms with Crippen molar-refractivity contribution in [2.24, 2.45) is 0 Å². The fourth-order valence-corrected chi connectivity index (χ4v) is 2.09. The maximum atomic E-state index is 5.63. The molecular weight excluding hydrogens is 226 g/mol. The highest BCUT2D eigenvalue weighted by Gasteiger charge is 2.08. The summed E-state index contributed by atoms with van der Waals surface area (Å²) in [5, 5.41) is 0. The Bertz CT molecular complexity index is 384. The molecule has 0 saturated carbocycles. The van der Waals surface area contributed by atoms with Crippen LogP contribution in [0.5, 0.6) is 11.5 Å². The average molecular weight is 247 g/mol. The minimum Gasteiger partial charge on any atom is -0.497 e. The van der Waals surface area contributed by atoms with Crippen LogP contribution in [0.1, 0.15) is 12.8 Å². The molecule has 0 aliphatic carbocycles. The predicted octanol–water partition coefficient (Wildman–Crippen LogP) is 2.73. The van der Waals surface area contributed by atoms with Gasteiger partial charge in [0.15, 0.2) is 0 Å². The van der Waals surface area contributed by atoms with Gasteiger partial charge in [-0.25, -0.2) is 0 Å². The molecule has 1 aromatic carbocycles. The average Bonchev–Trinajstić information content (AvgIpc) is 2.92. The molecule has 1 aliphatic heterocycles. The summed E-state index contributed by atoms with van der Waals surface area (Å²) >= 11 is 0. The van der Waals surface area contributed by atoms with Crippen molar-refractivity contribution in [3.63, 3.8) is 0 Å². The van der Waals surface area contributed by atoms with Gasteiger partial charge in [-0.1, -0.05) is 18.2 Å². The normalized spacial score (nSPS) is 16.3. The molecule has 1 fully saturated rings. The number of likely N-dealkylation sites (tertiary alicyclic amines) is 1. The van der Waals surface area contributed by atoms with E-state index in [4.69, 9.17) is 9.47 Å². The smallest absolute Gasteiger partial charge is 0.123 e. The lowest BCUT2D eigenvalue weighted by molar-refractivity contribution is 0.352. The molecule has 0 unspecified atom stereocenters. The van der Waals surface area contributed by atoms with Crippen LogP contribution in [-0.4, -0.2) is 38.3 Å². The van der Waals surface area contributed by atoms with Crippen molar-refractivity contribution < 1.29 is 9.47 Å². The Hall–Kier alpha value is -1.48. The number of methoxy groups -OCH3 is 1. The minimum absolute atomic E-state index is 0.612. The van der Waals surface area contributed by atoms with Crippen LogP contribution in [0, 0.1) is 0 Å². The van der Waals surface area contributed by atoms with Gasteiger partial charge in [0.25, 0.3) is 0 Å². The molecule has 0 bridgehead atoms. The Morgan fingerprint density at radius 2 is 1.94 bits per heavy atom. The summed E-state index contributed by atoms with van der Waals surface area (Å²) in [6.45, 7) is 4.13. The van der Waals surface area contributed by atoms with Crippen LogP contribution in [0.3, 0.4) is 0 Å². The molecule has 18 heavy (non-hydrogen) atoms.